The van der Waals surface area contributed by atoms with Gasteiger partial charge < -0.3 is 4.74 Å². The molecule has 0 saturated heterocycles. The summed E-state index contributed by atoms with van der Waals surface area (Å²) in [5, 5.41) is 5.23. The molecule has 0 N–H and O–H groups in total. The van der Waals surface area contributed by atoms with Gasteiger partial charge in [-0.05, 0) is 11.8 Å². The molecule has 0 aliphatic rings. The zero-order valence-electron chi connectivity index (χ0n) is 12.3. The van der Waals surface area contributed by atoms with Crippen LogP contribution in [0.1, 0.15) is 37.6 Å². The highest BCUT2D eigenvalue weighted by Crippen LogP contribution is 2.17. The molecule has 0 unspecified atom stereocenters. The number of carbonyl (C=O) groups is 1. The lowest BCUT2D eigenvalue weighted by Gasteiger charge is -2.17. The van der Waals surface area contributed by atoms with Gasteiger partial charge in [0, 0.05) is 19.9 Å². The number of ether oxygens (including phenoxy) is 1. The lowest BCUT2D eigenvalue weighted by molar-refractivity contribution is -0.0757. The predicted molar refractivity (Wildman–Crippen MR) is 71.4 cm³/mol. The van der Waals surface area contributed by atoms with Gasteiger partial charge in [-0.2, -0.15) is 5.10 Å². The molecule has 0 radical (unpaired) electrons. The highest BCUT2D eigenvalue weighted by molar-refractivity contribution is 5.92. The van der Waals surface area contributed by atoms with Gasteiger partial charge in [0.2, 0.25) is 0 Å². The Morgan fingerprint density at radius 2 is 2.16 bits per heavy atom. The van der Waals surface area contributed by atoms with Crippen LogP contribution in [0.15, 0.2) is 12.4 Å². The van der Waals surface area contributed by atoms with Gasteiger partial charge in [-0.3, -0.25) is 9.63 Å². The van der Waals surface area contributed by atoms with Gasteiger partial charge in [0.05, 0.1) is 18.9 Å². The molecular formula is C13H23N3O3. The van der Waals surface area contributed by atoms with E-state index < -0.39 is 0 Å². The first-order valence-electron chi connectivity index (χ1n) is 6.26. The summed E-state index contributed by atoms with van der Waals surface area (Å²) >= 11 is 0. The molecule has 0 aromatic carbocycles. The average molecular weight is 269 g/mol. The van der Waals surface area contributed by atoms with Crippen molar-refractivity contribution in [2.45, 2.75) is 33.9 Å². The monoisotopic (exact) mass is 269 g/mol. The van der Waals surface area contributed by atoms with E-state index in [1.165, 1.54) is 13.3 Å². The molecule has 19 heavy (non-hydrogen) atoms. The van der Waals surface area contributed by atoms with Crippen LogP contribution in [-0.4, -0.2) is 41.5 Å². The highest BCUT2D eigenvalue weighted by atomic mass is 16.7. The van der Waals surface area contributed by atoms with Crippen molar-refractivity contribution in [1.29, 1.82) is 0 Å². The SMILES string of the molecule is CON(C)C(=O)c1cnn(COCCC(C)(C)C)c1. The van der Waals surface area contributed by atoms with Crippen LogP contribution in [0.5, 0.6) is 0 Å². The Labute approximate surface area is 114 Å². The third-order valence-electron chi connectivity index (χ3n) is 2.66. The predicted octanol–water partition coefficient (Wildman–Crippen LogP) is 1.93. The number of hydrogen-bond donors (Lipinski definition) is 0. The first kappa shape index (κ1) is 15.7. The van der Waals surface area contributed by atoms with E-state index in [1.807, 2.05) is 0 Å². The number of carbonyl (C=O) groups excluding carboxylic acids is 1. The summed E-state index contributed by atoms with van der Waals surface area (Å²) in [6.45, 7) is 7.52. The molecule has 0 fully saturated rings. The van der Waals surface area contributed by atoms with Crippen LogP contribution in [0.25, 0.3) is 0 Å². The lowest BCUT2D eigenvalue weighted by Crippen LogP contribution is -2.24. The van der Waals surface area contributed by atoms with Gasteiger partial charge in [0.1, 0.15) is 6.73 Å². The summed E-state index contributed by atoms with van der Waals surface area (Å²) in [6, 6.07) is 0. The Morgan fingerprint density at radius 3 is 2.74 bits per heavy atom. The van der Waals surface area contributed by atoms with Crippen LogP contribution in [0.3, 0.4) is 0 Å². The Bertz CT molecular complexity index is 410. The van der Waals surface area contributed by atoms with Crippen molar-refractivity contribution in [3.63, 3.8) is 0 Å². The number of amides is 1. The first-order valence-corrected chi connectivity index (χ1v) is 6.26. The van der Waals surface area contributed by atoms with Crippen molar-refractivity contribution < 1.29 is 14.4 Å². The van der Waals surface area contributed by atoms with Gasteiger partial charge in [0.25, 0.3) is 5.91 Å². The summed E-state index contributed by atoms with van der Waals surface area (Å²) in [5.74, 6) is -0.233. The van der Waals surface area contributed by atoms with E-state index in [1.54, 1.807) is 17.9 Å². The number of rotatable bonds is 6. The highest BCUT2D eigenvalue weighted by Gasteiger charge is 2.13. The van der Waals surface area contributed by atoms with E-state index in [0.717, 1.165) is 11.5 Å². The number of hydrogen-bond acceptors (Lipinski definition) is 4. The van der Waals surface area contributed by atoms with Gasteiger partial charge in [0.15, 0.2) is 0 Å². The smallest absolute Gasteiger partial charge is 0.280 e. The van der Waals surface area contributed by atoms with E-state index in [0.29, 0.717) is 18.9 Å². The molecule has 0 spiro atoms. The van der Waals surface area contributed by atoms with Crippen molar-refractivity contribution in [3.8, 4) is 0 Å². The molecule has 0 aliphatic heterocycles. The van der Waals surface area contributed by atoms with Gasteiger partial charge >= 0.3 is 0 Å². The van der Waals surface area contributed by atoms with E-state index in [9.17, 15) is 4.79 Å². The summed E-state index contributed by atoms with van der Waals surface area (Å²) in [6.07, 6.45) is 4.13. The topological polar surface area (TPSA) is 56.6 Å². The van der Waals surface area contributed by atoms with Crippen molar-refractivity contribution >= 4 is 5.91 Å². The maximum atomic E-state index is 11.8. The lowest BCUT2D eigenvalue weighted by atomic mass is 9.93. The maximum Gasteiger partial charge on any atom is 0.280 e. The fourth-order valence-electron chi connectivity index (χ4n) is 1.35. The fraction of sp³-hybridized carbons (Fsp3) is 0.692. The van der Waals surface area contributed by atoms with Crippen molar-refractivity contribution in [1.82, 2.24) is 14.8 Å². The summed E-state index contributed by atoms with van der Waals surface area (Å²) in [4.78, 5) is 16.6. The average Bonchev–Trinajstić information content (AvgIpc) is 2.80. The quantitative estimate of drug-likeness (QED) is 0.585. The second-order valence-corrected chi connectivity index (χ2v) is 5.60. The molecule has 1 amide bonds. The summed E-state index contributed by atoms with van der Waals surface area (Å²) in [5.41, 5.74) is 0.732. The van der Waals surface area contributed by atoms with Crippen LogP contribution < -0.4 is 0 Å². The molecule has 1 aromatic heterocycles. The molecule has 6 nitrogen and oxygen atoms in total. The van der Waals surface area contributed by atoms with Gasteiger partial charge in [-0.1, -0.05) is 20.8 Å². The van der Waals surface area contributed by atoms with Crippen molar-refractivity contribution in [3.05, 3.63) is 18.0 Å². The number of hydroxylamine groups is 2. The Balaban J connectivity index is 2.41. The maximum absolute atomic E-state index is 11.8. The van der Waals surface area contributed by atoms with Crippen molar-refractivity contribution in [2.75, 3.05) is 20.8 Å². The fourth-order valence-corrected chi connectivity index (χ4v) is 1.35. The van der Waals surface area contributed by atoms with Gasteiger partial charge in [-0.15, -0.1) is 0 Å². The molecule has 0 atom stereocenters. The minimum atomic E-state index is -0.233. The molecule has 1 heterocycles. The molecule has 0 saturated carbocycles. The van der Waals surface area contributed by atoms with Crippen LogP contribution in [0.2, 0.25) is 0 Å². The van der Waals surface area contributed by atoms with E-state index in [2.05, 4.69) is 25.9 Å². The normalized spacial score (nSPS) is 11.6. The van der Waals surface area contributed by atoms with Crippen molar-refractivity contribution in [2.24, 2.45) is 5.41 Å². The largest absolute Gasteiger partial charge is 0.359 e. The van der Waals surface area contributed by atoms with Crippen LogP contribution >= 0.6 is 0 Å². The standard InChI is InChI=1S/C13H23N3O3/c1-13(2,3)6-7-19-10-16-9-11(8-14-16)12(17)15(4)18-5/h8-9H,6-7,10H2,1-5H3. The molecule has 1 aromatic rings. The Hall–Kier alpha value is -1.40. The Morgan fingerprint density at radius 1 is 1.47 bits per heavy atom. The second-order valence-electron chi connectivity index (χ2n) is 5.60. The van der Waals surface area contributed by atoms with Crippen LogP contribution in [0, 0.1) is 5.41 Å². The minimum Gasteiger partial charge on any atom is -0.359 e. The third-order valence-corrected chi connectivity index (χ3v) is 2.66. The molecule has 108 valence electrons. The van der Waals surface area contributed by atoms with E-state index in [-0.39, 0.29) is 11.3 Å². The van der Waals surface area contributed by atoms with E-state index in [4.69, 9.17) is 9.57 Å². The third kappa shape index (κ3) is 5.40. The number of aromatic nitrogens is 2. The number of nitrogens with zero attached hydrogens (tertiary/aromatic N) is 3. The first-order chi connectivity index (χ1) is 8.83. The van der Waals surface area contributed by atoms with Gasteiger partial charge in [-0.25, -0.2) is 9.75 Å². The van der Waals surface area contributed by atoms with Crippen LogP contribution in [0.4, 0.5) is 0 Å². The molecular weight excluding hydrogens is 246 g/mol. The van der Waals surface area contributed by atoms with Crippen LogP contribution in [-0.2, 0) is 16.3 Å². The van der Waals surface area contributed by atoms with E-state index >= 15 is 0 Å². The zero-order valence-corrected chi connectivity index (χ0v) is 12.3. The minimum absolute atomic E-state index is 0.233. The molecule has 1 rings (SSSR count). The molecule has 6 heteroatoms. The Kier molecular flexibility index (Phi) is 5.50. The zero-order chi connectivity index (χ0) is 14.5. The molecule has 0 bridgehead atoms. The summed E-state index contributed by atoms with van der Waals surface area (Å²) < 4.78 is 7.12. The summed E-state index contributed by atoms with van der Waals surface area (Å²) in [7, 11) is 3.00. The molecule has 0 aliphatic carbocycles. The second kappa shape index (κ2) is 6.68.